The monoisotopic (exact) mass is 326 g/mol. The Labute approximate surface area is 99.4 Å². The van der Waals surface area contributed by atoms with Gasteiger partial charge in [-0.05, 0) is 38.3 Å². The van der Waals surface area contributed by atoms with Crippen molar-refractivity contribution in [1.29, 1.82) is 0 Å². The molecule has 0 spiro atoms. The molecule has 1 aromatic heterocycles. The fraction of sp³-hybridized carbons (Fsp3) is 0.556. The Morgan fingerprint density at radius 1 is 1.46 bits per heavy atom. The predicted octanol–water partition coefficient (Wildman–Crippen LogP) is 3.93. The van der Waals surface area contributed by atoms with Gasteiger partial charge in [-0.25, -0.2) is 0 Å². The summed E-state index contributed by atoms with van der Waals surface area (Å²) in [6.07, 6.45) is 0.790. The molecule has 4 heteroatoms. The lowest BCUT2D eigenvalue weighted by Crippen LogP contribution is -2.17. The van der Waals surface area contributed by atoms with E-state index in [0.717, 1.165) is 15.4 Å². The summed E-state index contributed by atoms with van der Waals surface area (Å²) in [6.45, 7) is 4.52. The third-order valence-electron chi connectivity index (χ3n) is 2.04. The first kappa shape index (κ1) is 11.7. The second kappa shape index (κ2) is 4.43. The molecule has 0 saturated carbocycles. The number of aliphatic hydroxyl groups is 1. The smallest absolute Gasteiger partial charge is 0.0462 e. The van der Waals surface area contributed by atoms with E-state index in [4.69, 9.17) is 5.11 Å². The Morgan fingerprint density at radius 3 is 2.46 bits per heavy atom. The molecule has 0 amide bonds. The molecule has 0 bridgehead atoms. The minimum Gasteiger partial charge on any atom is -0.396 e. The molecule has 0 unspecified atom stereocenters. The van der Waals surface area contributed by atoms with Gasteiger partial charge in [0.15, 0.2) is 0 Å². The standard InChI is InChI=1S/C9H12Br2OS/c1-9(2,3-4-12)8-7(11)6(10)5-13-8/h5,12H,3-4H2,1-2H3. The van der Waals surface area contributed by atoms with Crippen LogP contribution in [0.3, 0.4) is 0 Å². The van der Waals surface area contributed by atoms with Gasteiger partial charge in [0.1, 0.15) is 0 Å². The molecule has 0 atom stereocenters. The van der Waals surface area contributed by atoms with Crippen molar-refractivity contribution in [3.05, 3.63) is 19.2 Å². The van der Waals surface area contributed by atoms with E-state index in [-0.39, 0.29) is 12.0 Å². The van der Waals surface area contributed by atoms with Crippen LogP contribution in [0.15, 0.2) is 14.3 Å². The average Bonchev–Trinajstić information content (AvgIpc) is 2.33. The van der Waals surface area contributed by atoms with Gasteiger partial charge in [-0.1, -0.05) is 13.8 Å². The quantitative estimate of drug-likeness (QED) is 0.891. The fourth-order valence-electron chi connectivity index (χ4n) is 1.17. The van der Waals surface area contributed by atoms with E-state index < -0.39 is 0 Å². The summed E-state index contributed by atoms with van der Waals surface area (Å²) in [5.41, 5.74) is 0.0459. The highest BCUT2D eigenvalue weighted by Gasteiger charge is 2.25. The molecule has 0 aromatic carbocycles. The topological polar surface area (TPSA) is 20.2 Å². The normalized spacial score (nSPS) is 12.1. The maximum Gasteiger partial charge on any atom is 0.0462 e. The van der Waals surface area contributed by atoms with Crippen molar-refractivity contribution in [1.82, 2.24) is 0 Å². The van der Waals surface area contributed by atoms with Gasteiger partial charge in [0.2, 0.25) is 0 Å². The van der Waals surface area contributed by atoms with Crippen LogP contribution in [-0.4, -0.2) is 11.7 Å². The zero-order valence-corrected chi connectivity index (χ0v) is 11.6. The maximum absolute atomic E-state index is 8.94. The number of halogens is 2. The molecule has 1 rings (SSSR count). The van der Waals surface area contributed by atoms with Crippen molar-refractivity contribution in [2.45, 2.75) is 25.7 Å². The highest BCUT2D eigenvalue weighted by Crippen LogP contribution is 2.41. The molecule has 1 N–H and O–H groups in total. The van der Waals surface area contributed by atoms with E-state index in [9.17, 15) is 0 Å². The lowest BCUT2D eigenvalue weighted by Gasteiger charge is -2.22. The van der Waals surface area contributed by atoms with Crippen molar-refractivity contribution in [3.8, 4) is 0 Å². The van der Waals surface area contributed by atoms with E-state index in [1.54, 1.807) is 11.3 Å². The SMILES string of the molecule is CC(C)(CCO)c1scc(Br)c1Br. The van der Waals surface area contributed by atoms with Crippen molar-refractivity contribution < 1.29 is 5.11 Å². The van der Waals surface area contributed by atoms with Gasteiger partial charge in [0, 0.05) is 31.2 Å². The van der Waals surface area contributed by atoms with Crippen molar-refractivity contribution in [3.63, 3.8) is 0 Å². The number of hydrogen-bond donors (Lipinski definition) is 1. The van der Waals surface area contributed by atoms with Crippen molar-refractivity contribution in [2.24, 2.45) is 0 Å². The first-order valence-electron chi connectivity index (χ1n) is 4.03. The van der Waals surface area contributed by atoms with Gasteiger partial charge >= 0.3 is 0 Å². The lowest BCUT2D eigenvalue weighted by molar-refractivity contribution is 0.253. The van der Waals surface area contributed by atoms with Crippen LogP contribution in [0.5, 0.6) is 0 Å². The Kier molecular flexibility index (Phi) is 3.98. The van der Waals surface area contributed by atoms with Gasteiger partial charge in [-0.3, -0.25) is 0 Å². The number of thiophene rings is 1. The molecule has 0 saturated heterocycles. The second-order valence-corrected chi connectivity index (χ2v) is 6.11. The third-order valence-corrected chi connectivity index (χ3v) is 5.93. The summed E-state index contributed by atoms with van der Waals surface area (Å²) < 4.78 is 2.22. The van der Waals surface area contributed by atoms with Crippen LogP contribution in [0.1, 0.15) is 25.1 Å². The van der Waals surface area contributed by atoms with Crippen LogP contribution >= 0.6 is 43.2 Å². The van der Waals surface area contributed by atoms with Crippen molar-refractivity contribution >= 4 is 43.2 Å². The number of hydrogen-bond acceptors (Lipinski definition) is 2. The van der Waals surface area contributed by atoms with E-state index in [1.807, 2.05) is 0 Å². The molecule has 1 aromatic rings. The molecule has 0 radical (unpaired) electrons. The molecule has 1 heterocycles. The van der Waals surface area contributed by atoms with Gasteiger partial charge < -0.3 is 5.11 Å². The summed E-state index contributed by atoms with van der Waals surface area (Å²) in [5.74, 6) is 0. The summed E-state index contributed by atoms with van der Waals surface area (Å²) in [6, 6.07) is 0. The van der Waals surface area contributed by atoms with Crippen LogP contribution < -0.4 is 0 Å². The van der Waals surface area contributed by atoms with Gasteiger partial charge in [-0.15, -0.1) is 11.3 Å². The van der Waals surface area contributed by atoms with Gasteiger partial charge in [-0.2, -0.15) is 0 Å². The lowest BCUT2D eigenvalue weighted by atomic mass is 9.88. The summed E-state index contributed by atoms with van der Waals surface area (Å²) in [5, 5.41) is 11.0. The number of aliphatic hydroxyl groups excluding tert-OH is 1. The zero-order valence-electron chi connectivity index (χ0n) is 7.60. The van der Waals surface area contributed by atoms with E-state index in [0.29, 0.717) is 0 Å². The largest absolute Gasteiger partial charge is 0.396 e. The van der Waals surface area contributed by atoms with E-state index >= 15 is 0 Å². The number of rotatable bonds is 3. The molecule has 0 aliphatic rings. The molecular formula is C9H12Br2OS. The van der Waals surface area contributed by atoms with E-state index in [2.05, 4.69) is 51.1 Å². The van der Waals surface area contributed by atoms with Crippen molar-refractivity contribution in [2.75, 3.05) is 6.61 Å². The molecule has 13 heavy (non-hydrogen) atoms. The van der Waals surface area contributed by atoms with Gasteiger partial charge in [0.05, 0.1) is 0 Å². The van der Waals surface area contributed by atoms with Crippen LogP contribution in [-0.2, 0) is 5.41 Å². The summed E-state index contributed by atoms with van der Waals surface area (Å²) >= 11 is 8.72. The third kappa shape index (κ3) is 2.55. The highest BCUT2D eigenvalue weighted by molar-refractivity contribution is 9.13. The first-order valence-corrected chi connectivity index (χ1v) is 6.49. The molecule has 1 nitrogen and oxygen atoms in total. The molecule has 0 fully saturated rings. The molecule has 0 aliphatic carbocycles. The van der Waals surface area contributed by atoms with Crippen LogP contribution in [0.2, 0.25) is 0 Å². The Balaban J connectivity index is 2.99. The Hall–Kier alpha value is 0.620. The highest BCUT2D eigenvalue weighted by atomic mass is 79.9. The molecular weight excluding hydrogens is 316 g/mol. The molecule has 74 valence electrons. The second-order valence-electron chi connectivity index (χ2n) is 3.58. The minimum atomic E-state index is 0.0459. The van der Waals surface area contributed by atoms with Crippen LogP contribution in [0, 0.1) is 0 Å². The van der Waals surface area contributed by atoms with Gasteiger partial charge in [0.25, 0.3) is 0 Å². The zero-order chi connectivity index (χ0) is 10.1. The predicted molar refractivity (Wildman–Crippen MR) is 64.4 cm³/mol. The summed E-state index contributed by atoms with van der Waals surface area (Å²) in [4.78, 5) is 1.29. The van der Waals surface area contributed by atoms with Crippen LogP contribution in [0.4, 0.5) is 0 Å². The Bertz CT molecular complexity index is 294. The first-order chi connectivity index (χ1) is 5.99. The summed E-state index contributed by atoms with van der Waals surface area (Å²) in [7, 11) is 0. The van der Waals surface area contributed by atoms with Crippen LogP contribution in [0.25, 0.3) is 0 Å². The molecule has 0 aliphatic heterocycles. The maximum atomic E-state index is 8.94. The Morgan fingerprint density at radius 2 is 2.08 bits per heavy atom. The minimum absolute atomic E-state index is 0.0459. The average molecular weight is 328 g/mol. The van der Waals surface area contributed by atoms with E-state index in [1.165, 1.54) is 4.88 Å². The fourth-order valence-corrected chi connectivity index (χ4v) is 3.84.